The van der Waals surface area contributed by atoms with E-state index >= 15 is 0 Å². The zero-order chi connectivity index (χ0) is 44.8. The summed E-state index contributed by atoms with van der Waals surface area (Å²) in [6, 6.07) is 6.19. The highest BCUT2D eigenvalue weighted by molar-refractivity contribution is 5.97. The summed E-state index contributed by atoms with van der Waals surface area (Å²) in [7, 11) is 0. The normalized spacial score (nSPS) is 19.7. The van der Waals surface area contributed by atoms with Crippen molar-refractivity contribution in [1.29, 1.82) is 0 Å². The zero-order valence-electron chi connectivity index (χ0n) is 34.6. The lowest BCUT2D eigenvalue weighted by molar-refractivity contribution is -0.149. The summed E-state index contributed by atoms with van der Waals surface area (Å²) in [5.74, 6) is -5.60. The van der Waals surface area contributed by atoms with Crippen LogP contribution in [0.25, 0.3) is 0 Å². The molecule has 6 amide bonds. The summed E-state index contributed by atoms with van der Waals surface area (Å²) in [4.78, 5) is 97.1. The standard InChI is InChI=1S/C42H60N8O11/c1-24(51)34(47-37(55)30(12-6-7-19-43)45-36(54)29(44)22-27-15-17-28(53)18-16-27)39(57)46-31(23-26-10-4-3-5-11-26)40(58)50-21-9-14-33(50)41(59)49-20-8-13-32(49)38(56)48-35(25(2)52)42(60)61/h3-5,10-11,15-18,24-25,29-35,51-53H,6-9,12-14,19-23,43-44H2,1-2H3,(H,45,54)(H,46,57)(H,47,55)(H,48,56)(H,60,61)/t24-,25-,29+,30+,31+,32+,33+,34+,35+/m1/s1. The predicted octanol–water partition coefficient (Wildman–Crippen LogP) is -1.60. The summed E-state index contributed by atoms with van der Waals surface area (Å²) >= 11 is 0. The van der Waals surface area contributed by atoms with Crippen molar-refractivity contribution in [3.63, 3.8) is 0 Å². The minimum Gasteiger partial charge on any atom is -0.508 e. The summed E-state index contributed by atoms with van der Waals surface area (Å²) in [6.07, 6.45) is -0.306. The number of phenolic OH excluding ortho intramolecular Hbond substituents is 1. The smallest absolute Gasteiger partial charge is 0.328 e. The van der Waals surface area contributed by atoms with Crippen LogP contribution in [0.5, 0.6) is 5.75 Å². The van der Waals surface area contributed by atoms with Crippen LogP contribution in [0.4, 0.5) is 0 Å². The van der Waals surface area contributed by atoms with Crippen LogP contribution < -0.4 is 32.7 Å². The molecule has 2 aromatic carbocycles. The van der Waals surface area contributed by atoms with Crippen molar-refractivity contribution in [1.82, 2.24) is 31.1 Å². The third kappa shape index (κ3) is 13.4. The van der Waals surface area contributed by atoms with Gasteiger partial charge in [0, 0.05) is 19.5 Å². The highest BCUT2D eigenvalue weighted by atomic mass is 16.4. The van der Waals surface area contributed by atoms with Crippen molar-refractivity contribution in [2.24, 2.45) is 11.5 Å². The van der Waals surface area contributed by atoms with E-state index in [9.17, 15) is 54.0 Å². The van der Waals surface area contributed by atoms with Gasteiger partial charge in [-0.15, -0.1) is 0 Å². The number of nitrogens with two attached hydrogens (primary N) is 2. The van der Waals surface area contributed by atoms with Gasteiger partial charge in [0.2, 0.25) is 35.4 Å². The number of nitrogens with zero attached hydrogens (tertiary/aromatic N) is 2. The Bertz CT molecular complexity index is 1830. The van der Waals surface area contributed by atoms with Gasteiger partial charge in [-0.2, -0.15) is 0 Å². The van der Waals surface area contributed by atoms with Crippen molar-refractivity contribution in [2.45, 2.75) is 126 Å². The minimum atomic E-state index is -1.59. The van der Waals surface area contributed by atoms with Gasteiger partial charge in [0.05, 0.1) is 18.2 Å². The molecule has 19 heteroatoms. The number of unbranched alkanes of at least 4 members (excludes halogenated alkanes) is 1. The number of carboxylic acids is 1. The van der Waals surface area contributed by atoms with Gasteiger partial charge in [-0.3, -0.25) is 28.8 Å². The largest absolute Gasteiger partial charge is 0.508 e. The van der Waals surface area contributed by atoms with Crippen LogP contribution in [0, 0.1) is 0 Å². The van der Waals surface area contributed by atoms with Crippen molar-refractivity contribution in [2.75, 3.05) is 19.6 Å². The molecular formula is C42H60N8O11. The van der Waals surface area contributed by atoms with Crippen LogP contribution in [0.15, 0.2) is 54.6 Å². The Hall–Kier alpha value is -5.63. The molecule has 19 nitrogen and oxygen atoms in total. The van der Waals surface area contributed by atoms with Crippen molar-refractivity contribution < 1.29 is 54.0 Å². The van der Waals surface area contributed by atoms with Gasteiger partial charge >= 0.3 is 5.97 Å². The van der Waals surface area contributed by atoms with Gasteiger partial charge in [0.25, 0.3) is 0 Å². The molecule has 2 saturated heterocycles. The minimum absolute atomic E-state index is 0.0232. The van der Waals surface area contributed by atoms with Crippen LogP contribution in [0.1, 0.15) is 69.9 Å². The van der Waals surface area contributed by atoms with E-state index in [4.69, 9.17) is 11.5 Å². The average molecular weight is 853 g/mol. The second-order valence-corrected chi connectivity index (χ2v) is 15.7. The molecule has 0 aliphatic carbocycles. The number of benzene rings is 2. The Kier molecular flexibility index (Phi) is 18.0. The summed E-state index contributed by atoms with van der Waals surface area (Å²) in [6.45, 7) is 3.17. The van der Waals surface area contributed by atoms with E-state index in [-0.39, 0.29) is 50.9 Å². The summed E-state index contributed by atoms with van der Waals surface area (Å²) in [5.41, 5.74) is 13.2. The topological polar surface area (TPSA) is 307 Å². The molecule has 2 heterocycles. The van der Waals surface area contributed by atoms with E-state index in [1.807, 2.05) is 0 Å². The van der Waals surface area contributed by atoms with Gasteiger partial charge in [0.1, 0.15) is 36.0 Å². The number of hydrogen-bond donors (Lipinski definition) is 10. The fourth-order valence-corrected chi connectivity index (χ4v) is 7.61. The molecule has 2 aromatic rings. The van der Waals surface area contributed by atoms with Crippen molar-refractivity contribution in [3.8, 4) is 5.75 Å². The molecule has 2 fully saturated rings. The Labute approximate surface area is 354 Å². The number of carbonyl (C=O) groups is 7. The quantitative estimate of drug-likeness (QED) is 0.0634. The Morgan fingerprint density at radius 3 is 1.90 bits per heavy atom. The zero-order valence-corrected chi connectivity index (χ0v) is 34.6. The van der Waals surface area contributed by atoms with E-state index in [1.165, 1.54) is 35.8 Å². The molecule has 9 atom stereocenters. The summed E-state index contributed by atoms with van der Waals surface area (Å²) < 4.78 is 0. The van der Waals surface area contributed by atoms with Crippen molar-refractivity contribution >= 4 is 41.4 Å². The number of carboxylic acid groups (broad SMARTS) is 1. The number of carbonyl (C=O) groups excluding carboxylic acids is 6. The lowest BCUT2D eigenvalue weighted by Crippen LogP contribution is -2.61. The first kappa shape index (κ1) is 48.0. The number of aliphatic hydroxyl groups is 2. The van der Waals surface area contributed by atoms with Gasteiger partial charge < -0.3 is 63.0 Å². The highest BCUT2D eigenvalue weighted by Crippen LogP contribution is 2.26. The number of phenols is 1. The first-order chi connectivity index (χ1) is 29.0. The maximum atomic E-state index is 14.5. The summed E-state index contributed by atoms with van der Waals surface area (Å²) in [5, 5.41) is 50.0. The second kappa shape index (κ2) is 22.8. The van der Waals surface area contributed by atoms with Crippen LogP contribution in [-0.2, 0) is 46.4 Å². The SMILES string of the molecule is C[C@@H](O)[C@H](NC(=O)[C@@H]1CCCN1C(=O)[C@@H]1CCCN1C(=O)[C@H](Cc1ccccc1)NC(=O)[C@@H](NC(=O)[C@H](CCCCN)NC(=O)[C@@H](N)Cc1ccc(O)cc1)[C@@H](C)O)C(=O)O. The number of hydrogen-bond acceptors (Lipinski definition) is 12. The van der Waals surface area contributed by atoms with E-state index in [0.29, 0.717) is 43.4 Å². The number of aliphatic hydroxyl groups excluding tert-OH is 2. The molecular weight excluding hydrogens is 793 g/mol. The predicted molar refractivity (Wildman–Crippen MR) is 221 cm³/mol. The average Bonchev–Trinajstić information content (AvgIpc) is 3.93. The Balaban J connectivity index is 1.51. The van der Waals surface area contributed by atoms with Crippen LogP contribution in [0.3, 0.4) is 0 Å². The number of aromatic hydroxyl groups is 1. The van der Waals surface area contributed by atoms with Gasteiger partial charge in [0.15, 0.2) is 6.04 Å². The maximum Gasteiger partial charge on any atom is 0.328 e. The lowest BCUT2D eigenvalue weighted by atomic mass is 10.0. The third-order valence-electron chi connectivity index (χ3n) is 11.0. The molecule has 2 aliphatic rings. The Morgan fingerprint density at radius 2 is 1.30 bits per heavy atom. The van der Waals surface area contributed by atoms with Crippen LogP contribution in [0.2, 0.25) is 0 Å². The van der Waals surface area contributed by atoms with Crippen LogP contribution >= 0.6 is 0 Å². The molecule has 0 unspecified atom stereocenters. The molecule has 334 valence electrons. The Morgan fingerprint density at radius 1 is 0.705 bits per heavy atom. The molecule has 0 aromatic heterocycles. The second-order valence-electron chi connectivity index (χ2n) is 15.7. The molecule has 0 saturated carbocycles. The maximum absolute atomic E-state index is 14.5. The van der Waals surface area contributed by atoms with E-state index in [1.54, 1.807) is 42.5 Å². The number of likely N-dealkylation sites (tertiary alicyclic amines) is 2. The third-order valence-corrected chi connectivity index (χ3v) is 11.0. The highest BCUT2D eigenvalue weighted by Gasteiger charge is 2.45. The number of rotatable bonds is 21. The first-order valence-electron chi connectivity index (χ1n) is 20.7. The van der Waals surface area contributed by atoms with Gasteiger partial charge in [-0.25, -0.2) is 4.79 Å². The van der Waals surface area contributed by atoms with E-state index in [0.717, 1.165) is 0 Å². The van der Waals surface area contributed by atoms with Gasteiger partial charge in [-0.05, 0) is 95.0 Å². The van der Waals surface area contributed by atoms with E-state index < -0.39 is 95.9 Å². The molecule has 0 bridgehead atoms. The number of aliphatic carboxylic acids is 1. The molecule has 12 N–H and O–H groups in total. The monoisotopic (exact) mass is 852 g/mol. The molecule has 2 aliphatic heterocycles. The van der Waals surface area contributed by atoms with Crippen LogP contribution in [-0.4, -0.2) is 146 Å². The number of nitrogens with one attached hydrogen (secondary N) is 4. The van der Waals surface area contributed by atoms with Gasteiger partial charge in [-0.1, -0.05) is 42.5 Å². The molecule has 4 rings (SSSR count). The fourth-order valence-electron chi connectivity index (χ4n) is 7.61. The van der Waals surface area contributed by atoms with E-state index in [2.05, 4.69) is 21.3 Å². The first-order valence-corrected chi connectivity index (χ1v) is 20.7. The lowest BCUT2D eigenvalue weighted by Gasteiger charge is -2.34. The molecule has 0 spiro atoms. The molecule has 0 radical (unpaired) electrons. The molecule has 61 heavy (non-hydrogen) atoms. The van der Waals surface area contributed by atoms with Crippen molar-refractivity contribution in [3.05, 3.63) is 65.7 Å². The fraction of sp³-hybridized carbons (Fsp3) is 0.548. The number of amides is 6.